The Bertz CT molecular complexity index is 463. The van der Waals surface area contributed by atoms with Crippen LogP contribution in [-0.2, 0) is 9.53 Å². The average molecular weight is 346 g/mol. The minimum Gasteiger partial charge on any atom is -0.444 e. The summed E-state index contributed by atoms with van der Waals surface area (Å²) in [6.07, 6.45) is 2.04. The van der Waals surface area contributed by atoms with Crippen LogP contribution in [0.4, 0.5) is 13.6 Å². The zero-order valence-corrected chi connectivity index (χ0v) is 14.7. The average Bonchev–Trinajstić information content (AvgIpc) is 3.22. The Kier molecular flexibility index (Phi) is 5.71. The minimum atomic E-state index is -2.60. The lowest BCUT2D eigenvalue weighted by atomic mass is 9.83. The number of nitrogens with one attached hydrogen (secondary N) is 2. The summed E-state index contributed by atoms with van der Waals surface area (Å²) >= 11 is 0. The van der Waals surface area contributed by atoms with Gasteiger partial charge in [0, 0.05) is 18.9 Å². The molecule has 0 aliphatic heterocycles. The van der Waals surface area contributed by atoms with Crippen molar-refractivity contribution in [3.63, 3.8) is 0 Å². The van der Waals surface area contributed by atoms with Gasteiger partial charge in [-0.1, -0.05) is 0 Å². The Hall–Kier alpha value is -1.40. The van der Waals surface area contributed by atoms with Crippen molar-refractivity contribution in [2.45, 2.75) is 89.3 Å². The number of alkyl carbamates (subject to hydrolysis) is 1. The molecule has 2 aliphatic rings. The maximum atomic E-state index is 13.3. The van der Waals surface area contributed by atoms with Crippen LogP contribution >= 0.6 is 0 Å². The predicted molar refractivity (Wildman–Crippen MR) is 85.8 cm³/mol. The van der Waals surface area contributed by atoms with Crippen LogP contribution in [0.1, 0.15) is 65.7 Å². The van der Waals surface area contributed by atoms with Gasteiger partial charge in [-0.2, -0.15) is 0 Å². The van der Waals surface area contributed by atoms with Crippen molar-refractivity contribution in [1.29, 1.82) is 0 Å². The normalized spacial score (nSPS) is 22.5. The van der Waals surface area contributed by atoms with Crippen LogP contribution in [0.2, 0.25) is 0 Å². The topological polar surface area (TPSA) is 67.4 Å². The molecular weight excluding hydrogens is 318 g/mol. The molecule has 0 radical (unpaired) electrons. The first-order valence-electron chi connectivity index (χ1n) is 8.72. The molecule has 1 atom stereocenters. The summed E-state index contributed by atoms with van der Waals surface area (Å²) < 4.78 is 31.8. The molecule has 0 unspecified atom stereocenters. The molecule has 0 saturated heterocycles. The van der Waals surface area contributed by atoms with Gasteiger partial charge in [0.2, 0.25) is 11.8 Å². The molecule has 2 fully saturated rings. The van der Waals surface area contributed by atoms with Crippen LogP contribution in [0.25, 0.3) is 0 Å². The fraction of sp³-hybridized carbons (Fsp3) is 0.882. The van der Waals surface area contributed by atoms with Crippen LogP contribution in [-0.4, -0.2) is 35.6 Å². The predicted octanol–water partition coefficient (Wildman–Crippen LogP) is 3.37. The van der Waals surface area contributed by atoms with E-state index in [9.17, 15) is 18.4 Å². The van der Waals surface area contributed by atoms with Crippen LogP contribution in [0.3, 0.4) is 0 Å². The van der Waals surface area contributed by atoms with E-state index in [4.69, 9.17) is 4.74 Å². The lowest BCUT2D eigenvalue weighted by molar-refractivity contribution is -0.124. The van der Waals surface area contributed by atoms with E-state index in [0.29, 0.717) is 19.3 Å². The second kappa shape index (κ2) is 7.23. The van der Waals surface area contributed by atoms with Crippen molar-refractivity contribution in [2.75, 3.05) is 0 Å². The van der Waals surface area contributed by atoms with Gasteiger partial charge in [0.1, 0.15) is 11.6 Å². The number of hydrogen-bond acceptors (Lipinski definition) is 3. The Balaban J connectivity index is 1.92. The summed E-state index contributed by atoms with van der Waals surface area (Å²) in [7, 11) is 0. The van der Waals surface area contributed by atoms with Gasteiger partial charge < -0.3 is 15.4 Å². The number of ether oxygens (including phenoxy) is 1. The van der Waals surface area contributed by atoms with Crippen molar-refractivity contribution in [3.05, 3.63) is 0 Å². The molecule has 2 amide bonds. The van der Waals surface area contributed by atoms with Gasteiger partial charge in [-0.25, -0.2) is 13.6 Å². The quantitative estimate of drug-likeness (QED) is 0.802. The molecule has 0 aromatic carbocycles. The lowest BCUT2D eigenvalue weighted by Gasteiger charge is -2.31. The highest BCUT2D eigenvalue weighted by atomic mass is 19.3. The third-order valence-electron chi connectivity index (χ3n) is 4.34. The number of amides is 2. The number of alkyl halides is 2. The van der Waals surface area contributed by atoms with Gasteiger partial charge in [0.15, 0.2) is 0 Å². The first-order valence-corrected chi connectivity index (χ1v) is 8.72. The molecule has 2 rings (SSSR count). The molecule has 2 aliphatic carbocycles. The van der Waals surface area contributed by atoms with Gasteiger partial charge in [-0.05, 0) is 58.8 Å². The van der Waals surface area contributed by atoms with Crippen molar-refractivity contribution < 1.29 is 23.1 Å². The largest absolute Gasteiger partial charge is 0.444 e. The first kappa shape index (κ1) is 18.9. The van der Waals surface area contributed by atoms with Crippen LogP contribution in [0.5, 0.6) is 0 Å². The Morgan fingerprint density at radius 3 is 2.25 bits per heavy atom. The van der Waals surface area contributed by atoms with E-state index < -0.39 is 23.7 Å². The van der Waals surface area contributed by atoms with E-state index in [-0.39, 0.29) is 30.7 Å². The van der Waals surface area contributed by atoms with Gasteiger partial charge in [-0.3, -0.25) is 4.79 Å². The number of halogens is 2. The molecule has 0 bridgehead atoms. The molecule has 0 aromatic rings. The Morgan fingerprint density at radius 1 is 1.17 bits per heavy atom. The van der Waals surface area contributed by atoms with E-state index >= 15 is 0 Å². The number of rotatable bonds is 5. The minimum absolute atomic E-state index is 0.00881. The number of carbonyl (C=O) groups excluding carboxylic acids is 2. The van der Waals surface area contributed by atoms with Gasteiger partial charge in [0.05, 0.1) is 0 Å². The summed E-state index contributed by atoms with van der Waals surface area (Å²) in [4.78, 5) is 24.4. The summed E-state index contributed by atoms with van der Waals surface area (Å²) in [6.45, 7) is 5.24. The number of hydrogen-bond donors (Lipinski definition) is 2. The van der Waals surface area contributed by atoms with Crippen molar-refractivity contribution in [1.82, 2.24) is 10.6 Å². The molecule has 0 aromatic heterocycles. The highest BCUT2D eigenvalue weighted by molar-refractivity contribution is 5.86. The molecule has 0 spiro atoms. The molecular formula is C17H28F2N2O3. The zero-order chi connectivity index (χ0) is 18.0. The monoisotopic (exact) mass is 346 g/mol. The standard InChI is InChI=1S/C17H28F2N2O3/c1-16(2,3)24-15(23)21-13(14(22)20-12-4-5-12)10-11-6-8-17(18,19)9-7-11/h11-13H,4-10H2,1-3H3,(H,20,22)(H,21,23)/t13-/m0/s1. The highest BCUT2D eigenvalue weighted by Gasteiger charge is 2.37. The van der Waals surface area contributed by atoms with E-state index in [2.05, 4.69) is 10.6 Å². The maximum absolute atomic E-state index is 13.3. The Morgan fingerprint density at radius 2 is 1.75 bits per heavy atom. The third-order valence-corrected chi connectivity index (χ3v) is 4.34. The summed E-state index contributed by atoms with van der Waals surface area (Å²) in [5.41, 5.74) is -0.658. The third kappa shape index (κ3) is 6.61. The molecule has 138 valence electrons. The van der Waals surface area contributed by atoms with E-state index in [1.54, 1.807) is 20.8 Å². The van der Waals surface area contributed by atoms with E-state index in [0.717, 1.165) is 12.8 Å². The number of carbonyl (C=O) groups is 2. The smallest absolute Gasteiger partial charge is 0.408 e. The summed E-state index contributed by atoms with van der Waals surface area (Å²) in [5, 5.41) is 5.48. The molecule has 5 nitrogen and oxygen atoms in total. The second-order valence-electron chi connectivity index (χ2n) is 8.02. The van der Waals surface area contributed by atoms with Crippen molar-refractivity contribution in [3.8, 4) is 0 Å². The highest BCUT2D eigenvalue weighted by Crippen LogP contribution is 2.38. The Labute approximate surface area is 141 Å². The first-order chi connectivity index (χ1) is 11.0. The lowest BCUT2D eigenvalue weighted by Crippen LogP contribution is -2.49. The van der Waals surface area contributed by atoms with Crippen LogP contribution < -0.4 is 10.6 Å². The van der Waals surface area contributed by atoms with E-state index in [1.807, 2.05) is 0 Å². The molecule has 2 N–H and O–H groups in total. The fourth-order valence-electron chi connectivity index (χ4n) is 2.88. The zero-order valence-electron chi connectivity index (χ0n) is 14.7. The van der Waals surface area contributed by atoms with Gasteiger partial charge in [0.25, 0.3) is 0 Å². The molecule has 2 saturated carbocycles. The molecule has 24 heavy (non-hydrogen) atoms. The van der Waals surface area contributed by atoms with Crippen LogP contribution in [0, 0.1) is 5.92 Å². The summed E-state index contributed by atoms with van der Waals surface area (Å²) in [6, 6.07) is -0.562. The van der Waals surface area contributed by atoms with Crippen LogP contribution in [0.15, 0.2) is 0 Å². The molecule has 7 heteroatoms. The maximum Gasteiger partial charge on any atom is 0.408 e. The summed E-state index contributed by atoms with van der Waals surface area (Å²) in [5.74, 6) is -2.84. The van der Waals surface area contributed by atoms with Crippen molar-refractivity contribution in [2.24, 2.45) is 5.92 Å². The second-order valence-corrected chi connectivity index (χ2v) is 8.02. The van der Waals surface area contributed by atoms with Gasteiger partial charge >= 0.3 is 6.09 Å². The fourth-order valence-corrected chi connectivity index (χ4v) is 2.88. The van der Waals surface area contributed by atoms with Crippen molar-refractivity contribution >= 4 is 12.0 Å². The SMILES string of the molecule is CC(C)(C)OC(=O)N[C@@H](CC1CCC(F)(F)CC1)C(=O)NC1CC1. The van der Waals surface area contributed by atoms with Gasteiger partial charge in [-0.15, -0.1) is 0 Å². The van der Waals surface area contributed by atoms with E-state index in [1.165, 1.54) is 0 Å². The molecule has 0 heterocycles.